The fourth-order valence-electron chi connectivity index (χ4n) is 1.76. The molecule has 0 radical (unpaired) electrons. The molecule has 0 N–H and O–H groups in total. The second kappa shape index (κ2) is 5.64. The van der Waals surface area contributed by atoms with Crippen molar-refractivity contribution in [2.24, 2.45) is 5.92 Å². The van der Waals surface area contributed by atoms with Crippen LogP contribution in [0.2, 0.25) is 0 Å². The third kappa shape index (κ3) is 4.90. The van der Waals surface area contributed by atoms with Crippen LogP contribution in [0, 0.1) is 5.92 Å². The minimum atomic E-state index is -3.40. The molecule has 0 saturated carbocycles. The van der Waals surface area contributed by atoms with Gasteiger partial charge in [0, 0.05) is 13.1 Å². The third-order valence-corrected chi connectivity index (χ3v) is 5.30. The molecule has 1 saturated heterocycles. The van der Waals surface area contributed by atoms with Gasteiger partial charge in [0.25, 0.3) is 10.1 Å². The molecule has 8 heteroatoms. The smallest absolute Gasteiger partial charge is 0.264 e. The maximum absolute atomic E-state index is 11.6. The monoisotopic (exact) mass is 285 g/mol. The molecule has 0 unspecified atom stereocenters. The molecule has 0 aromatic carbocycles. The quantitative estimate of drug-likeness (QED) is 0.665. The Morgan fingerprint density at radius 1 is 1.18 bits per heavy atom. The number of piperidine rings is 1. The van der Waals surface area contributed by atoms with Crippen molar-refractivity contribution in [1.82, 2.24) is 4.31 Å². The molecule has 0 aliphatic carbocycles. The first-order chi connectivity index (χ1) is 7.74. The van der Waals surface area contributed by atoms with Crippen LogP contribution in [0.4, 0.5) is 0 Å². The van der Waals surface area contributed by atoms with Crippen molar-refractivity contribution in [2.45, 2.75) is 19.8 Å². The van der Waals surface area contributed by atoms with Crippen LogP contribution in [0.1, 0.15) is 19.8 Å². The summed E-state index contributed by atoms with van der Waals surface area (Å²) >= 11 is 0. The highest BCUT2D eigenvalue weighted by molar-refractivity contribution is 7.89. The van der Waals surface area contributed by atoms with Gasteiger partial charge in [0.2, 0.25) is 10.0 Å². The first-order valence-electron chi connectivity index (χ1n) is 5.57. The molecule has 102 valence electrons. The van der Waals surface area contributed by atoms with Gasteiger partial charge in [0.1, 0.15) is 0 Å². The summed E-state index contributed by atoms with van der Waals surface area (Å²) in [5.74, 6) is 0.227. The van der Waals surface area contributed by atoms with E-state index in [1.807, 2.05) is 0 Å². The zero-order chi connectivity index (χ0) is 13.1. The molecule has 0 aromatic heterocycles. The second-order valence-electron chi connectivity index (χ2n) is 4.23. The van der Waals surface area contributed by atoms with Crippen LogP contribution in [0.15, 0.2) is 0 Å². The van der Waals surface area contributed by atoms with Crippen molar-refractivity contribution >= 4 is 20.1 Å². The van der Waals surface area contributed by atoms with Crippen LogP contribution in [-0.4, -0.2) is 52.8 Å². The van der Waals surface area contributed by atoms with Gasteiger partial charge in [0.05, 0.1) is 18.6 Å². The summed E-state index contributed by atoms with van der Waals surface area (Å²) in [6, 6.07) is 0. The van der Waals surface area contributed by atoms with Gasteiger partial charge in [-0.05, 0) is 25.7 Å². The molecule has 0 amide bonds. The lowest BCUT2D eigenvalue weighted by atomic mass is 10.00. The SMILES string of the molecule is CCS(=O)(=O)N1CCC(COS(C)(=O)=O)CC1. The lowest BCUT2D eigenvalue weighted by Crippen LogP contribution is -2.40. The summed E-state index contributed by atoms with van der Waals surface area (Å²) in [6.45, 7) is 2.68. The van der Waals surface area contributed by atoms with Crippen LogP contribution in [-0.2, 0) is 24.3 Å². The van der Waals surface area contributed by atoms with Crippen LogP contribution in [0.3, 0.4) is 0 Å². The molecule has 0 spiro atoms. The first kappa shape index (κ1) is 14.9. The van der Waals surface area contributed by atoms with E-state index in [-0.39, 0.29) is 18.3 Å². The van der Waals surface area contributed by atoms with Gasteiger partial charge in [-0.1, -0.05) is 0 Å². The topological polar surface area (TPSA) is 80.8 Å². The van der Waals surface area contributed by atoms with Gasteiger partial charge in [-0.2, -0.15) is 8.42 Å². The van der Waals surface area contributed by atoms with E-state index >= 15 is 0 Å². The lowest BCUT2D eigenvalue weighted by Gasteiger charge is -2.30. The van der Waals surface area contributed by atoms with E-state index in [2.05, 4.69) is 0 Å². The molecule has 1 aliphatic rings. The molecule has 17 heavy (non-hydrogen) atoms. The third-order valence-electron chi connectivity index (χ3n) is 2.85. The largest absolute Gasteiger partial charge is 0.270 e. The molecular weight excluding hydrogens is 266 g/mol. The standard InChI is InChI=1S/C9H19NO5S2/c1-3-17(13,14)10-6-4-9(5-7-10)8-15-16(2,11)12/h9H,3-8H2,1-2H3. The summed E-state index contributed by atoms with van der Waals surface area (Å²) in [4.78, 5) is 0. The molecule has 1 heterocycles. The van der Waals surface area contributed by atoms with E-state index in [0.29, 0.717) is 25.9 Å². The normalized spacial score (nSPS) is 20.6. The van der Waals surface area contributed by atoms with Crippen molar-refractivity contribution in [3.63, 3.8) is 0 Å². The number of sulfonamides is 1. The highest BCUT2D eigenvalue weighted by Crippen LogP contribution is 2.20. The summed E-state index contributed by atoms with van der Waals surface area (Å²) in [5, 5.41) is 0. The highest BCUT2D eigenvalue weighted by atomic mass is 32.2. The minimum Gasteiger partial charge on any atom is -0.270 e. The van der Waals surface area contributed by atoms with E-state index in [1.54, 1.807) is 6.92 Å². The number of nitrogens with zero attached hydrogens (tertiary/aromatic N) is 1. The average molecular weight is 285 g/mol. The van der Waals surface area contributed by atoms with Crippen LogP contribution < -0.4 is 0 Å². The first-order valence-corrected chi connectivity index (χ1v) is 8.99. The number of hydrogen-bond donors (Lipinski definition) is 0. The molecule has 0 aromatic rings. The molecule has 0 bridgehead atoms. The molecule has 0 atom stereocenters. The molecule has 1 aliphatic heterocycles. The lowest BCUT2D eigenvalue weighted by molar-refractivity contribution is 0.190. The predicted octanol–water partition coefficient (Wildman–Crippen LogP) is 0.0243. The Labute approximate surface area is 103 Å². The fourth-order valence-corrected chi connectivity index (χ4v) is 3.33. The number of rotatable bonds is 5. The van der Waals surface area contributed by atoms with Gasteiger partial charge in [-0.15, -0.1) is 0 Å². The van der Waals surface area contributed by atoms with Crippen molar-refractivity contribution in [3.8, 4) is 0 Å². The van der Waals surface area contributed by atoms with Crippen LogP contribution >= 0.6 is 0 Å². The van der Waals surface area contributed by atoms with Gasteiger partial charge in [-0.25, -0.2) is 12.7 Å². The summed E-state index contributed by atoms with van der Waals surface area (Å²) in [5.41, 5.74) is 0. The Hall–Kier alpha value is -0.180. The Morgan fingerprint density at radius 2 is 1.71 bits per heavy atom. The van der Waals surface area contributed by atoms with Crippen molar-refractivity contribution in [1.29, 1.82) is 0 Å². The van der Waals surface area contributed by atoms with Crippen molar-refractivity contribution < 1.29 is 21.0 Å². The number of hydrogen-bond acceptors (Lipinski definition) is 5. The molecule has 6 nitrogen and oxygen atoms in total. The Kier molecular flexibility index (Phi) is 4.94. The van der Waals surface area contributed by atoms with E-state index in [9.17, 15) is 16.8 Å². The Bertz CT molecular complexity index is 434. The van der Waals surface area contributed by atoms with Crippen LogP contribution in [0.5, 0.6) is 0 Å². The average Bonchev–Trinajstić information content (AvgIpc) is 2.26. The van der Waals surface area contributed by atoms with Crippen molar-refractivity contribution in [2.75, 3.05) is 31.7 Å². The molecule has 1 rings (SSSR count). The fraction of sp³-hybridized carbons (Fsp3) is 1.00. The van der Waals surface area contributed by atoms with E-state index in [4.69, 9.17) is 4.18 Å². The van der Waals surface area contributed by atoms with Crippen molar-refractivity contribution in [3.05, 3.63) is 0 Å². The van der Waals surface area contributed by atoms with Crippen LogP contribution in [0.25, 0.3) is 0 Å². The summed E-state index contributed by atoms with van der Waals surface area (Å²) in [7, 11) is -6.52. The zero-order valence-electron chi connectivity index (χ0n) is 10.1. The maximum Gasteiger partial charge on any atom is 0.264 e. The molecular formula is C9H19NO5S2. The highest BCUT2D eigenvalue weighted by Gasteiger charge is 2.27. The van der Waals surface area contributed by atoms with Gasteiger partial charge < -0.3 is 0 Å². The van der Waals surface area contributed by atoms with E-state index in [1.165, 1.54) is 4.31 Å². The second-order valence-corrected chi connectivity index (χ2v) is 8.13. The Balaban J connectivity index is 2.42. The van der Waals surface area contributed by atoms with E-state index in [0.717, 1.165) is 6.26 Å². The van der Waals surface area contributed by atoms with Gasteiger partial charge >= 0.3 is 0 Å². The molecule has 1 fully saturated rings. The van der Waals surface area contributed by atoms with Gasteiger partial charge in [-0.3, -0.25) is 4.18 Å². The minimum absolute atomic E-state index is 0.109. The Morgan fingerprint density at radius 3 is 2.12 bits per heavy atom. The predicted molar refractivity (Wildman–Crippen MR) is 64.6 cm³/mol. The van der Waals surface area contributed by atoms with E-state index < -0.39 is 20.1 Å². The maximum atomic E-state index is 11.6. The zero-order valence-corrected chi connectivity index (χ0v) is 11.8. The summed E-state index contributed by atoms with van der Waals surface area (Å²) in [6.07, 6.45) is 2.31. The summed E-state index contributed by atoms with van der Waals surface area (Å²) < 4.78 is 51.0. The van der Waals surface area contributed by atoms with Gasteiger partial charge in [0.15, 0.2) is 0 Å².